The van der Waals surface area contributed by atoms with Gasteiger partial charge in [-0.3, -0.25) is 9.59 Å². The highest BCUT2D eigenvalue weighted by molar-refractivity contribution is 6.68. The minimum atomic E-state index is -0.818. The van der Waals surface area contributed by atoms with Gasteiger partial charge in [-0.25, -0.2) is 4.90 Å². The first-order valence-electron chi connectivity index (χ1n) is 5.06. The molecule has 0 radical (unpaired) electrons. The molecule has 1 aliphatic rings. The standard InChI is InChI=1S/C11H11ClN2O3/c1-13-5-7-2-3-9-8(4-7)14(11(12)16)10(15)6-17-9/h2-4,13H,5-6H2,1H3. The number of carbonyl (C=O) groups is 2. The fourth-order valence-electron chi connectivity index (χ4n) is 1.70. The minimum absolute atomic E-state index is 0.170. The summed E-state index contributed by atoms with van der Waals surface area (Å²) >= 11 is 5.40. The van der Waals surface area contributed by atoms with Crippen LogP contribution in [0.15, 0.2) is 18.2 Å². The zero-order chi connectivity index (χ0) is 12.4. The number of nitrogens with zero attached hydrogens (tertiary/aromatic N) is 1. The summed E-state index contributed by atoms with van der Waals surface area (Å²) in [5.74, 6) is 0.0255. The number of fused-ring (bicyclic) bond motifs is 1. The fraction of sp³-hybridized carbons (Fsp3) is 0.273. The van der Waals surface area contributed by atoms with E-state index in [9.17, 15) is 9.59 Å². The first-order valence-corrected chi connectivity index (χ1v) is 5.44. The summed E-state index contributed by atoms with van der Waals surface area (Å²) in [7, 11) is 1.81. The monoisotopic (exact) mass is 254 g/mol. The van der Waals surface area contributed by atoms with E-state index in [4.69, 9.17) is 16.3 Å². The van der Waals surface area contributed by atoms with Crippen molar-refractivity contribution in [2.24, 2.45) is 0 Å². The van der Waals surface area contributed by atoms with Gasteiger partial charge >= 0.3 is 5.37 Å². The first-order chi connectivity index (χ1) is 8.13. The molecule has 1 heterocycles. The SMILES string of the molecule is CNCc1ccc2c(c1)N(C(=O)Cl)C(=O)CO2. The number of hydrogen-bond donors (Lipinski definition) is 1. The molecule has 5 nitrogen and oxygen atoms in total. The Morgan fingerprint density at radius 3 is 3.00 bits per heavy atom. The van der Waals surface area contributed by atoms with Crippen molar-refractivity contribution >= 4 is 28.6 Å². The Hall–Kier alpha value is -1.59. The summed E-state index contributed by atoms with van der Waals surface area (Å²) in [4.78, 5) is 23.7. The molecule has 0 saturated carbocycles. The van der Waals surface area contributed by atoms with Gasteiger partial charge in [0.05, 0.1) is 5.69 Å². The number of nitrogens with one attached hydrogen (secondary N) is 1. The van der Waals surface area contributed by atoms with Crippen LogP contribution >= 0.6 is 11.6 Å². The van der Waals surface area contributed by atoms with Gasteiger partial charge in [-0.05, 0) is 36.3 Å². The molecule has 0 bridgehead atoms. The van der Waals surface area contributed by atoms with Crippen molar-refractivity contribution < 1.29 is 14.3 Å². The molecule has 1 N–H and O–H groups in total. The van der Waals surface area contributed by atoms with Gasteiger partial charge < -0.3 is 10.1 Å². The van der Waals surface area contributed by atoms with Gasteiger partial charge in [0.1, 0.15) is 5.75 Å². The molecule has 0 saturated heterocycles. The van der Waals surface area contributed by atoms with Crippen LogP contribution in [0.2, 0.25) is 0 Å². The van der Waals surface area contributed by atoms with Crippen LogP contribution in [0.1, 0.15) is 5.56 Å². The number of ether oxygens (including phenoxy) is 1. The second-order valence-corrected chi connectivity index (χ2v) is 3.93. The zero-order valence-corrected chi connectivity index (χ0v) is 9.95. The van der Waals surface area contributed by atoms with Gasteiger partial charge in [-0.1, -0.05) is 6.07 Å². The van der Waals surface area contributed by atoms with Crippen molar-refractivity contribution in [3.05, 3.63) is 23.8 Å². The molecule has 0 aromatic heterocycles. The quantitative estimate of drug-likeness (QED) is 0.642. The third kappa shape index (κ3) is 2.25. The van der Waals surface area contributed by atoms with Crippen molar-refractivity contribution in [2.75, 3.05) is 18.6 Å². The smallest absolute Gasteiger partial charge is 0.327 e. The molecule has 1 aromatic rings. The highest BCUT2D eigenvalue weighted by Crippen LogP contribution is 2.33. The predicted octanol–water partition coefficient (Wildman–Crippen LogP) is 1.49. The summed E-state index contributed by atoms with van der Waals surface area (Å²) in [6, 6.07) is 5.30. The lowest BCUT2D eigenvalue weighted by atomic mass is 10.1. The zero-order valence-electron chi connectivity index (χ0n) is 9.20. The lowest BCUT2D eigenvalue weighted by molar-refractivity contribution is -0.120. The van der Waals surface area contributed by atoms with Gasteiger partial charge in [0, 0.05) is 6.54 Å². The largest absolute Gasteiger partial charge is 0.482 e. The van der Waals surface area contributed by atoms with Crippen LogP contribution in [0.4, 0.5) is 10.5 Å². The highest BCUT2D eigenvalue weighted by Gasteiger charge is 2.29. The maximum atomic E-state index is 11.5. The van der Waals surface area contributed by atoms with E-state index in [1.807, 2.05) is 13.1 Å². The van der Waals surface area contributed by atoms with E-state index in [0.29, 0.717) is 18.0 Å². The van der Waals surface area contributed by atoms with Crippen LogP contribution in [0.25, 0.3) is 0 Å². The molecule has 0 spiro atoms. The Morgan fingerprint density at radius 1 is 1.59 bits per heavy atom. The molecule has 1 aliphatic heterocycles. The summed E-state index contributed by atoms with van der Waals surface area (Å²) in [6.45, 7) is 0.461. The molecule has 17 heavy (non-hydrogen) atoms. The third-order valence-corrected chi connectivity index (χ3v) is 2.59. The predicted molar refractivity (Wildman–Crippen MR) is 63.4 cm³/mol. The number of halogens is 1. The average Bonchev–Trinajstić information content (AvgIpc) is 2.28. The molecule has 6 heteroatoms. The van der Waals surface area contributed by atoms with E-state index in [-0.39, 0.29) is 6.61 Å². The van der Waals surface area contributed by atoms with Crippen molar-refractivity contribution in [1.82, 2.24) is 5.32 Å². The van der Waals surface area contributed by atoms with Crippen molar-refractivity contribution in [1.29, 1.82) is 0 Å². The fourth-order valence-corrected chi connectivity index (χ4v) is 1.89. The van der Waals surface area contributed by atoms with E-state index in [2.05, 4.69) is 5.32 Å². The Balaban J connectivity index is 2.45. The first kappa shape index (κ1) is 11.9. The number of carbonyl (C=O) groups excluding carboxylic acids is 2. The molecule has 0 fully saturated rings. The normalized spacial score (nSPS) is 14.2. The topological polar surface area (TPSA) is 58.6 Å². The maximum Gasteiger partial charge on any atom is 0.327 e. The summed E-state index contributed by atoms with van der Waals surface area (Å²) in [6.07, 6.45) is 0. The number of anilines is 1. The summed E-state index contributed by atoms with van der Waals surface area (Å²) in [5.41, 5.74) is 1.33. The number of amides is 2. The Labute approximate surface area is 103 Å². The Kier molecular flexibility index (Phi) is 3.31. The van der Waals surface area contributed by atoms with Crippen LogP contribution in [-0.2, 0) is 11.3 Å². The van der Waals surface area contributed by atoms with E-state index < -0.39 is 11.3 Å². The Morgan fingerprint density at radius 2 is 2.35 bits per heavy atom. The van der Waals surface area contributed by atoms with Gasteiger partial charge in [0.15, 0.2) is 6.61 Å². The number of rotatable bonds is 2. The Bertz CT molecular complexity index is 476. The van der Waals surface area contributed by atoms with E-state index in [1.54, 1.807) is 12.1 Å². The highest BCUT2D eigenvalue weighted by atomic mass is 35.5. The van der Waals surface area contributed by atoms with Gasteiger partial charge in [0.25, 0.3) is 5.91 Å². The van der Waals surface area contributed by atoms with E-state index in [0.717, 1.165) is 10.5 Å². The molecule has 2 amide bonds. The molecule has 90 valence electrons. The summed E-state index contributed by atoms with van der Waals surface area (Å²) < 4.78 is 5.23. The molecule has 0 atom stereocenters. The van der Waals surface area contributed by atoms with Crippen LogP contribution < -0.4 is 15.0 Å². The van der Waals surface area contributed by atoms with Crippen molar-refractivity contribution in [3.63, 3.8) is 0 Å². The molecule has 1 aromatic carbocycles. The molecule has 0 aliphatic carbocycles. The van der Waals surface area contributed by atoms with Gasteiger partial charge in [0.2, 0.25) is 0 Å². The molecule has 2 rings (SSSR count). The van der Waals surface area contributed by atoms with Gasteiger partial charge in [-0.2, -0.15) is 0 Å². The van der Waals surface area contributed by atoms with Crippen LogP contribution in [0, 0.1) is 0 Å². The second-order valence-electron chi connectivity index (χ2n) is 3.60. The third-order valence-electron chi connectivity index (χ3n) is 2.42. The van der Waals surface area contributed by atoms with Crippen LogP contribution in [0.5, 0.6) is 5.75 Å². The number of imide groups is 1. The van der Waals surface area contributed by atoms with Crippen molar-refractivity contribution in [2.45, 2.75) is 6.54 Å². The minimum Gasteiger partial charge on any atom is -0.482 e. The average molecular weight is 255 g/mol. The second kappa shape index (κ2) is 4.73. The molecular formula is C11H11ClN2O3. The van der Waals surface area contributed by atoms with Gasteiger partial charge in [-0.15, -0.1) is 0 Å². The molecular weight excluding hydrogens is 244 g/mol. The van der Waals surface area contributed by atoms with E-state index in [1.165, 1.54) is 0 Å². The van der Waals surface area contributed by atoms with E-state index >= 15 is 0 Å². The lowest BCUT2D eigenvalue weighted by Gasteiger charge is -2.26. The summed E-state index contributed by atoms with van der Waals surface area (Å²) in [5, 5.41) is 2.17. The number of hydrogen-bond acceptors (Lipinski definition) is 4. The molecule has 0 unspecified atom stereocenters. The number of benzene rings is 1. The van der Waals surface area contributed by atoms with Crippen molar-refractivity contribution in [3.8, 4) is 5.75 Å². The lowest BCUT2D eigenvalue weighted by Crippen LogP contribution is -2.40. The van der Waals surface area contributed by atoms with Crippen LogP contribution in [0.3, 0.4) is 0 Å². The maximum absolute atomic E-state index is 11.5. The van der Waals surface area contributed by atoms with Crippen LogP contribution in [-0.4, -0.2) is 24.9 Å².